The molecule has 0 saturated carbocycles. The first-order valence-corrected chi connectivity index (χ1v) is 4.35. The van der Waals surface area contributed by atoms with E-state index in [9.17, 15) is 4.79 Å². The number of rotatable bonds is 3. The molecule has 1 N–H and O–H groups in total. The van der Waals surface area contributed by atoms with Gasteiger partial charge in [0.25, 0.3) is 5.56 Å². The Morgan fingerprint density at radius 2 is 2.42 bits per heavy atom. The lowest BCUT2D eigenvalue weighted by Gasteiger charge is -1.98. The molecule has 0 amide bonds. The van der Waals surface area contributed by atoms with E-state index in [2.05, 4.69) is 16.9 Å². The van der Waals surface area contributed by atoms with Gasteiger partial charge in [-0.05, 0) is 12.8 Å². The van der Waals surface area contributed by atoms with Crippen LogP contribution in [0.15, 0.2) is 11.1 Å². The van der Waals surface area contributed by atoms with E-state index in [1.807, 2.05) is 0 Å². The van der Waals surface area contributed by atoms with Crippen molar-refractivity contribution in [3.8, 4) is 0 Å². The van der Waals surface area contributed by atoms with E-state index in [1.54, 1.807) is 0 Å². The van der Waals surface area contributed by atoms with Gasteiger partial charge in [0.2, 0.25) is 0 Å². The molecule has 0 aliphatic carbocycles. The smallest absolute Gasteiger partial charge is 0.255 e. The molecule has 12 heavy (non-hydrogen) atoms. The van der Waals surface area contributed by atoms with Gasteiger partial charge in [0.1, 0.15) is 5.15 Å². The molecule has 0 unspecified atom stereocenters. The van der Waals surface area contributed by atoms with Crippen molar-refractivity contribution in [2.24, 2.45) is 0 Å². The Bertz CT molecular complexity index is 308. The molecule has 1 rings (SSSR count). The lowest BCUT2D eigenvalue weighted by molar-refractivity contribution is 0.781. The Hall–Kier alpha value is -0.830. The number of hydrogen-bond donors (Lipinski definition) is 1. The topological polar surface area (TPSA) is 45.8 Å². The highest BCUT2D eigenvalue weighted by molar-refractivity contribution is 6.30. The van der Waals surface area contributed by atoms with Crippen molar-refractivity contribution in [1.82, 2.24) is 9.97 Å². The van der Waals surface area contributed by atoms with Crippen molar-refractivity contribution in [3.63, 3.8) is 0 Å². The molecule has 3 nitrogen and oxygen atoms in total. The molecule has 1 aromatic rings. The van der Waals surface area contributed by atoms with Gasteiger partial charge in [0.15, 0.2) is 0 Å². The molecule has 0 aliphatic rings. The SMILES string of the molecule is CCCCc1c(Cl)nc[nH]c1=O. The lowest BCUT2D eigenvalue weighted by atomic mass is 10.1. The highest BCUT2D eigenvalue weighted by Crippen LogP contribution is 2.09. The Kier molecular flexibility index (Phi) is 3.29. The second-order valence-corrected chi connectivity index (χ2v) is 2.96. The summed E-state index contributed by atoms with van der Waals surface area (Å²) in [6, 6.07) is 0. The lowest BCUT2D eigenvalue weighted by Crippen LogP contribution is -2.13. The van der Waals surface area contributed by atoms with E-state index < -0.39 is 0 Å². The van der Waals surface area contributed by atoms with Crippen molar-refractivity contribution in [2.45, 2.75) is 26.2 Å². The average Bonchev–Trinajstić information content (AvgIpc) is 2.04. The van der Waals surface area contributed by atoms with Crippen LogP contribution in [-0.4, -0.2) is 9.97 Å². The van der Waals surface area contributed by atoms with Gasteiger partial charge in [-0.1, -0.05) is 24.9 Å². The number of aromatic nitrogens is 2. The van der Waals surface area contributed by atoms with E-state index in [0.717, 1.165) is 12.8 Å². The summed E-state index contributed by atoms with van der Waals surface area (Å²) < 4.78 is 0. The van der Waals surface area contributed by atoms with Crippen LogP contribution in [0.1, 0.15) is 25.3 Å². The van der Waals surface area contributed by atoms with Crippen LogP contribution in [0.5, 0.6) is 0 Å². The second kappa shape index (κ2) is 4.26. The third-order valence-corrected chi connectivity index (χ3v) is 2.00. The maximum absolute atomic E-state index is 11.2. The van der Waals surface area contributed by atoms with Gasteiger partial charge in [-0.2, -0.15) is 0 Å². The van der Waals surface area contributed by atoms with Gasteiger partial charge < -0.3 is 4.98 Å². The molecule has 0 fully saturated rings. The number of nitrogens with zero attached hydrogens (tertiary/aromatic N) is 1. The summed E-state index contributed by atoms with van der Waals surface area (Å²) in [5, 5.41) is 0.326. The molecule has 0 saturated heterocycles. The summed E-state index contributed by atoms with van der Waals surface area (Å²) in [6.07, 6.45) is 4.04. The number of nitrogens with one attached hydrogen (secondary N) is 1. The molecule has 0 bridgehead atoms. The molecule has 0 aromatic carbocycles. The zero-order valence-corrected chi connectivity index (χ0v) is 7.69. The van der Waals surface area contributed by atoms with E-state index in [1.165, 1.54) is 6.33 Å². The quantitative estimate of drug-likeness (QED) is 0.732. The highest BCUT2D eigenvalue weighted by atomic mass is 35.5. The van der Waals surface area contributed by atoms with Crippen LogP contribution in [-0.2, 0) is 6.42 Å². The first-order valence-electron chi connectivity index (χ1n) is 3.97. The molecule has 0 aliphatic heterocycles. The summed E-state index contributed by atoms with van der Waals surface area (Å²) in [7, 11) is 0. The molecule has 4 heteroatoms. The normalized spacial score (nSPS) is 10.2. The van der Waals surface area contributed by atoms with Gasteiger partial charge >= 0.3 is 0 Å². The highest BCUT2D eigenvalue weighted by Gasteiger charge is 2.04. The largest absolute Gasteiger partial charge is 0.313 e. The van der Waals surface area contributed by atoms with Crippen LogP contribution in [0.4, 0.5) is 0 Å². The standard InChI is InChI=1S/C8H11ClN2O/c1-2-3-4-6-7(9)10-5-11-8(6)12/h5H,2-4H2,1H3,(H,10,11,12). The minimum absolute atomic E-state index is 0.122. The summed E-state index contributed by atoms with van der Waals surface area (Å²) in [6.45, 7) is 2.07. The van der Waals surface area contributed by atoms with Crippen LogP contribution >= 0.6 is 11.6 Å². The molecule has 0 spiro atoms. The van der Waals surface area contributed by atoms with Crippen LogP contribution < -0.4 is 5.56 Å². The minimum Gasteiger partial charge on any atom is -0.313 e. The number of H-pyrrole nitrogens is 1. The fourth-order valence-corrected chi connectivity index (χ4v) is 1.21. The minimum atomic E-state index is -0.122. The molecule has 1 heterocycles. The second-order valence-electron chi connectivity index (χ2n) is 2.60. The van der Waals surface area contributed by atoms with Crippen LogP contribution in [0, 0.1) is 0 Å². The molecular formula is C8H11ClN2O. The van der Waals surface area contributed by atoms with Gasteiger partial charge in [-0.25, -0.2) is 4.98 Å². The number of halogens is 1. The van der Waals surface area contributed by atoms with E-state index in [-0.39, 0.29) is 5.56 Å². The zero-order valence-electron chi connectivity index (χ0n) is 6.93. The maximum atomic E-state index is 11.2. The average molecular weight is 187 g/mol. The predicted octanol–water partition coefficient (Wildman–Crippen LogP) is 1.77. The third kappa shape index (κ3) is 2.08. The van der Waals surface area contributed by atoms with Crippen LogP contribution in [0.25, 0.3) is 0 Å². The summed E-state index contributed by atoms with van der Waals surface area (Å²) in [5.74, 6) is 0. The van der Waals surface area contributed by atoms with Crippen molar-refractivity contribution in [1.29, 1.82) is 0 Å². The molecule has 1 aromatic heterocycles. The first-order chi connectivity index (χ1) is 5.75. The monoisotopic (exact) mass is 186 g/mol. The van der Waals surface area contributed by atoms with Gasteiger partial charge in [0, 0.05) is 0 Å². The summed E-state index contributed by atoms with van der Waals surface area (Å²) in [5.41, 5.74) is 0.476. The van der Waals surface area contributed by atoms with Crippen LogP contribution in [0.2, 0.25) is 5.15 Å². The predicted molar refractivity (Wildman–Crippen MR) is 48.5 cm³/mol. The Labute approximate surface area is 75.8 Å². The Morgan fingerprint density at radius 3 is 3.00 bits per heavy atom. The van der Waals surface area contributed by atoms with Crippen molar-refractivity contribution >= 4 is 11.6 Å². The van der Waals surface area contributed by atoms with Gasteiger partial charge in [0.05, 0.1) is 11.9 Å². The fourth-order valence-electron chi connectivity index (χ4n) is 0.977. The van der Waals surface area contributed by atoms with Crippen molar-refractivity contribution < 1.29 is 0 Å². The van der Waals surface area contributed by atoms with Gasteiger partial charge in [-0.3, -0.25) is 4.79 Å². The molecule has 0 atom stereocenters. The molecular weight excluding hydrogens is 176 g/mol. The fraction of sp³-hybridized carbons (Fsp3) is 0.500. The number of hydrogen-bond acceptors (Lipinski definition) is 2. The number of unbranched alkanes of at least 4 members (excludes halogenated alkanes) is 1. The van der Waals surface area contributed by atoms with E-state index >= 15 is 0 Å². The van der Waals surface area contributed by atoms with Crippen molar-refractivity contribution in [2.75, 3.05) is 0 Å². The van der Waals surface area contributed by atoms with Crippen LogP contribution in [0.3, 0.4) is 0 Å². The number of aromatic amines is 1. The first kappa shape index (κ1) is 9.26. The summed E-state index contributed by atoms with van der Waals surface area (Å²) in [4.78, 5) is 17.5. The van der Waals surface area contributed by atoms with Crippen molar-refractivity contribution in [3.05, 3.63) is 27.4 Å². The Morgan fingerprint density at radius 1 is 1.67 bits per heavy atom. The van der Waals surface area contributed by atoms with E-state index in [4.69, 9.17) is 11.6 Å². The Balaban J connectivity index is 2.89. The molecule has 66 valence electrons. The zero-order chi connectivity index (χ0) is 8.97. The third-order valence-electron chi connectivity index (χ3n) is 1.68. The maximum Gasteiger partial charge on any atom is 0.255 e. The molecule has 0 radical (unpaired) electrons. The van der Waals surface area contributed by atoms with E-state index in [0.29, 0.717) is 17.1 Å². The summed E-state index contributed by atoms with van der Waals surface area (Å²) >= 11 is 5.73. The van der Waals surface area contributed by atoms with Gasteiger partial charge in [-0.15, -0.1) is 0 Å².